The summed E-state index contributed by atoms with van der Waals surface area (Å²) in [5, 5.41) is 6.57. The molecular formula is C24H28ClN5O2. The molecule has 168 valence electrons. The molecule has 1 unspecified atom stereocenters. The van der Waals surface area contributed by atoms with Crippen LogP contribution in [0.2, 0.25) is 5.02 Å². The number of nitrogens with zero attached hydrogens (tertiary/aromatic N) is 4. The van der Waals surface area contributed by atoms with E-state index in [2.05, 4.69) is 43.9 Å². The van der Waals surface area contributed by atoms with Gasteiger partial charge in [-0.15, -0.1) is 4.91 Å². The fraction of sp³-hybridized carbons (Fsp3) is 0.375. The first-order valence-electron chi connectivity index (χ1n) is 10.9. The number of likely N-dealkylation sites (tertiary alicyclic amines) is 1. The third-order valence-corrected chi connectivity index (χ3v) is 6.46. The first-order valence-corrected chi connectivity index (χ1v) is 11.3. The summed E-state index contributed by atoms with van der Waals surface area (Å²) in [6.45, 7) is 10.5. The maximum absolute atomic E-state index is 12.6. The number of benzene rings is 2. The van der Waals surface area contributed by atoms with Crippen LogP contribution in [-0.2, 0) is 4.79 Å². The lowest BCUT2D eigenvalue weighted by atomic mass is 10.1. The van der Waals surface area contributed by atoms with Gasteiger partial charge in [0.2, 0.25) is 5.91 Å². The standard InChI is InChI=1S/C24H28ClN5O2/c1-18(29-12-14-30(15-13-29)23-8-2-20(25)3-9-23)16-28-11-10-19(17-28)24(31)26-21-4-6-22(27-32)7-5-21/h2-9,19H,1,10-17H2,(H,26,31). The molecule has 2 saturated heterocycles. The highest BCUT2D eigenvalue weighted by Crippen LogP contribution is 2.23. The molecule has 0 saturated carbocycles. The molecule has 0 aliphatic carbocycles. The highest BCUT2D eigenvalue weighted by Gasteiger charge is 2.29. The number of piperazine rings is 1. The van der Waals surface area contributed by atoms with Gasteiger partial charge in [-0.2, -0.15) is 0 Å². The molecule has 2 aromatic rings. The van der Waals surface area contributed by atoms with Gasteiger partial charge < -0.3 is 15.1 Å². The van der Waals surface area contributed by atoms with Crippen LogP contribution in [0.3, 0.4) is 0 Å². The Bertz CT molecular complexity index is 955. The Kier molecular flexibility index (Phi) is 7.07. The predicted octanol–water partition coefficient (Wildman–Crippen LogP) is 4.33. The lowest BCUT2D eigenvalue weighted by molar-refractivity contribution is -0.119. The van der Waals surface area contributed by atoms with Crippen molar-refractivity contribution >= 4 is 34.6 Å². The molecule has 4 rings (SSSR count). The summed E-state index contributed by atoms with van der Waals surface area (Å²) >= 11 is 6.00. The number of hydrogen-bond donors (Lipinski definition) is 1. The number of nitrogens with one attached hydrogen (secondary N) is 1. The van der Waals surface area contributed by atoms with Gasteiger partial charge in [-0.3, -0.25) is 9.69 Å². The summed E-state index contributed by atoms with van der Waals surface area (Å²) in [6, 6.07) is 14.6. The van der Waals surface area contributed by atoms with E-state index in [9.17, 15) is 9.70 Å². The molecule has 0 spiro atoms. The summed E-state index contributed by atoms with van der Waals surface area (Å²) in [6.07, 6.45) is 0.831. The van der Waals surface area contributed by atoms with Crippen molar-refractivity contribution in [2.75, 3.05) is 56.0 Å². The average Bonchev–Trinajstić information content (AvgIpc) is 3.29. The Morgan fingerprint density at radius 3 is 2.38 bits per heavy atom. The monoisotopic (exact) mass is 453 g/mol. The van der Waals surface area contributed by atoms with Crippen LogP contribution in [0, 0.1) is 10.8 Å². The molecule has 1 amide bonds. The van der Waals surface area contributed by atoms with Crippen LogP contribution in [0.5, 0.6) is 0 Å². The Morgan fingerprint density at radius 1 is 1.03 bits per heavy atom. The molecule has 2 aliphatic rings. The Balaban J connectivity index is 1.22. The molecule has 2 heterocycles. The highest BCUT2D eigenvalue weighted by atomic mass is 35.5. The van der Waals surface area contributed by atoms with Gasteiger partial charge in [0.25, 0.3) is 0 Å². The number of rotatable bonds is 7. The summed E-state index contributed by atoms with van der Waals surface area (Å²) in [4.78, 5) is 30.2. The van der Waals surface area contributed by atoms with E-state index in [1.165, 1.54) is 5.69 Å². The molecule has 2 aliphatic heterocycles. The zero-order valence-corrected chi connectivity index (χ0v) is 18.8. The molecule has 8 heteroatoms. The molecule has 2 fully saturated rings. The van der Waals surface area contributed by atoms with Crippen LogP contribution in [0.15, 0.2) is 66.0 Å². The third-order valence-electron chi connectivity index (χ3n) is 6.21. The van der Waals surface area contributed by atoms with Gasteiger partial charge in [-0.05, 0) is 66.7 Å². The molecular weight excluding hydrogens is 426 g/mol. The Labute approximate surface area is 193 Å². The lowest BCUT2D eigenvalue weighted by Gasteiger charge is -2.39. The van der Waals surface area contributed by atoms with E-state index in [1.807, 2.05) is 12.1 Å². The minimum absolute atomic E-state index is 0.0153. The van der Waals surface area contributed by atoms with Crippen LogP contribution in [0.25, 0.3) is 0 Å². The fourth-order valence-electron chi connectivity index (χ4n) is 4.33. The summed E-state index contributed by atoms with van der Waals surface area (Å²) in [5.41, 5.74) is 3.34. The SMILES string of the molecule is C=C(CN1CCC(C(=O)Nc2ccc(N=O)cc2)C1)N1CCN(c2ccc(Cl)cc2)CC1. The average molecular weight is 454 g/mol. The van der Waals surface area contributed by atoms with Crippen molar-refractivity contribution in [2.45, 2.75) is 6.42 Å². The predicted molar refractivity (Wildman–Crippen MR) is 129 cm³/mol. The normalized spacial score (nSPS) is 19.1. The number of amides is 1. The van der Waals surface area contributed by atoms with Gasteiger partial charge in [0.15, 0.2) is 0 Å². The number of carbonyl (C=O) groups excluding carboxylic acids is 1. The van der Waals surface area contributed by atoms with Crippen LogP contribution < -0.4 is 10.2 Å². The van der Waals surface area contributed by atoms with E-state index < -0.39 is 0 Å². The van der Waals surface area contributed by atoms with E-state index in [0.29, 0.717) is 11.4 Å². The van der Waals surface area contributed by atoms with E-state index in [1.54, 1.807) is 24.3 Å². The number of nitroso groups, excluding NO2 is 1. The van der Waals surface area contributed by atoms with E-state index >= 15 is 0 Å². The van der Waals surface area contributed by atoms with Crippen molar-refractivity contribution in [1.29, 1.82) is 0 Å². The zero-order valence-electron chi connectivity index (χ0n) is 18.0. The first kappa shape index (κ1) is 22.3. The fourth-order valence-corrected chi connectivity index (χ4v) is 4.46. The summed E-state index contributed by atoms with van der Waals surface area (Å²) in [5.74, 6) is -0.0325. The van der Waals surface area contributed by atoms with Gasteiger partial charge in [0, 0.05) is 61.4 Å². The van der Waals surface area contributed by atoms with Crippen molar-refractivity contribution in [3.63, 3.8) is 0 Å². The van der Waals surface area contributed by atoms with Crippen LogP contribution in [0.1, 0.15) is 6.42 Å². The minimum atomic E-state index is -0.0478. The summed E-state index contributed by atoms with van der Waals surface area (Å²) < 4.78 is 0. The smallest absolute Gasteiger partial charge is 0.228 e. The lowest BCUT2D eigenvalue weighted by Crippen LogP contribution is -2.47. The Morgan fingerprint density at radius 2 is 1.72 bits per heavy atom. The largest absolute Gasteiger partial charge is 0.371 e. The van der Waals surface area contributed by atoms with E-state index in [-0.39, 0.29) is 11.8 Å². The molecule has 7 nitrogen and oxygen atoms in total. The van der Waals surface area contributed by atoms with E-state index in [0.717, 1.165) is 63.0 Å². The van der Waals surface area contributed by atoms with Crippen molar-refractivity contribution in [2.24, 2.45) is 11.1 Å². The topological polar surface area (TPSA) is 68.2 Å². The van der Waals surface area contributed by atoms with Gasteiger partial charge >= 0.3 is 0 Å². The molecule has 0 bridgehead atoms. The first-order chi connectivity index (χ1) is 15.5. The Hall–Kier alpha value is -2.90. The van der Waals surface area contributed by atoms with E-state index in [4.69, 9.17) is 11.6 Å². The molecule has 0 aromatic heterocycles. The third kappa shape index (κ3) is 5.47. The molecule has 1 N–H and O–H groups in total. The molecule has 2 aromatic carbocycles. The quantitative estimate of drug-likeness (QED) is 0.632. The van der Waals surface area contributed by atoms with Gasteiger partial charge in [0.1, 0.15) is 5.69 Å². The number of carbonyl (C=O) groups is 1. The minimum Gasteiger partial charge on any atom is -0.371 e. The van der Waals surface area contributed by atoms with Crippen molar-refractivity contribution in [3.8, 4) is 0 Å². The van der Waals surface area contributed by atoms with Crippen molar-refractivity contribution < 1.29 is 4.79 Å². The van der Waals surface area contributed by atoms with Crippen molar-refractivity contribution in [3.05, 3.63) is 70.7 Å². The zero-order chi connectivity index (χ0) is 22.5. The maximum Gasteiger partial charge on any atom is 0.228 e. The second-order valence-electron chi connectivity index (χ2n) is 8.36. The van der Waals surface area contributed by atoms with Crippen LogP contribution >= 0.6 is 11.6 Å². The number of hydrogen-bond acceptors (Lipinski definition) is 6. The highest BCUT2D eigenvalue weighted by molar-refractivity contribution is 6.30. The number of anilines is 2. The van der Waals surface area contributed by atoms with Gasteiger partial charge in [-0.1, -0.05) is 18.2 Å². The van der Waals surface area contributed by atoms with Crippen molar-refractivity contribution in [1.82, 2.24) is 9.80 Å². The maximum atomic E-state index is 12.6. The number of halogens is 1. The van der Waals surface area contributed by atoms with Gasteiger partial charge in [0.05, 0.1) is 5.92 Å². The molecule has 0 radical (unpaired) electrons. The van der Waals surface area contributed by atoms with Gasteiger partial charge in [-0.25, -0.2) is 0 Å². The molecule has 1 atom stereocenters. The second kappa shape index (κ2) is 10.1. The molecule has 32 heavy (non-hydrogen) atoms. The summed E-state index contributed by atoms with van der Waals surface area (Å²) in [7, 11) is 0. The second-order valence-corrected chi connectivity index (χ2v) is 8.80. The van der Waals surface area contributed by atoms with Crippen LogP contribution in [-0.4, -0.2) is 61.5 Å². The van der Waals surface area contributed by atoms with Crippen LogP contribution in [0.4, 0.5) is 17.1 Å².